The van der Waals surface area contributed by atoms with Crippen LogP contribution in [0.15, 0.2) is 18.2 Å². The number of hydrogen-bond donors (Lipinski definition) is 3. The van der Waals surface area contributed by atoms with Gasteiger partial charge in [0.25, 0.3) is 0 Å². The fraction of sp³-hybridized carbons (Fsp3) is 0.462. The summed E-state index contributed by atoms with van der Waals surface area (Å²) in [5, 5.41) is 9.05. The van der Waals surface area contributed by atoms with E-state index in [0.29, 0.717) is 24.3 Å². The lowest BCUT2D eigenvalue weighted by Gasteiger charge is -2.17. The van der Waals surface area contributed by atoms with Crippen LogP contribution in [-0.4, -0.2) is 24.2 Å². The van der Waals surface area contributed by atoms with Crippen molar-refractivity contribution in [2.45, 2.75) is 32.5 Å². The van der Waals surface area contributed by atoms with Gasteiger partial charge in [0.05, 0.1) is 19.8 Å². The minimum atomic E-state index is -0.224. The molecule has 0 saturated heterocycles. The minimum absolute atomic E-state index is 0.0527. The van der Waals surface area contributed by atoms with Crippen LogP contribution in [0.4, 0.5) is 0 Å². The maximum absolute atomic E-state index is 11.0. The van der Waals surface area contributed by atoms with Gasteiger partial charge in [0.15, 0.2) is 11.5 Å². The lowest BCUT2D eigenvalue weighted by molar-refractivity contribution is -0.121. The normalized spacial score (nSPS) is 11.8. The quantitative estimate of drug-likeness (QED) is 0.385. The fourth-order valence-corrected chi connectivity index (χ4v) is 1.59. The van der Waals surface area contributed by atoms with Crippen molar-refractivity contribution in [2.75, 3.05) is 7.11 Å². The molecule has 1 aromatic rings. The van der Waals surface area contributed by atoms with E-state index in [4.69, 9.17) is 20.4 Å². The van der Waals surface area contributed by atoms with E-state index >= 15 is 0 Å². The predicted octanol–water partition coefficient (Wildman–Crippen LogP) is 0.725. The zero-order chi connectivity index (χ0) is 14.3. The molecule has 0 aliphatic heterocycles. The first kappa shape index (κ1) is 15.3. The Hall–Kier alpha value is -1.79. The number of carbonyl (C=O) groups is 1. The van der Waals surface area contributed by atoms with Crippen molar-refractivity contribution in [1.82, 2.24) is 5.43 Å². The molecule has 0 bridgehead atoms. The topological polar surface area (TPSA) is 93.8 Å². The van der Waals surface area contributed by atoms with Crippen LogP contribution in [-0.2, 0) is 11.4 Å². The van der Waals surface area contributed by atoms with Crippen LogP contribution in [0.5, 0.6) is 11.5 Å². The van der Waals surface area contributed by atoms with Gasteiger partial charge in [0, 0.05) is 6.42 Å². The molecule has 0 aromatic heterocycles. The third-order valence-electron chi connectivity index (χ3n) is 2.68. The van der Waals surface area contributed by atoms with Gasteiger partial charge in [0.2, 0.25) is 5.91 Å². The summed E-state index contributed by atoms with van der Waals surface area (Å²) >= 11 is 0. The highest BCUT2D eigenvalue weighted by Crippen LogP contribution is 2.29. The zero-order valence-corrected chi connectivity index (χ0v) is 11.2. The largest absolute Gasteiger partial charge is 0.493 e. The van der Waals surface area contributed by atoms with Gasteiger partial charge in [-0.3, -0.25) is 10.2 Å². The van der Waals surface area contributed by atoms with Gasteiger partial charge in [-0.25, -0.2) is 5.84 Å². The molecular formula is C13H20N2O4. The molecule has 1 amide bonds. The summed E-state index contributed by atoms with van der Waals surface area (Å²) in [6.07, 6.45) is 0.703. The summed E-state index contributed by atoms with van der Waals surface area (Å²) in [5.74, 6) is 5.92. The van der Waals surface area contributed by atoms with Crippen LogP contribution >= 0.6 is 0 Å². The highest BCUT2D eigenvalue weighted by atomic mass is 16.5. The number of hydrazine groups is 1. The third kappa shape index (κ3) is 4.76. The van der Waals surface area contributed by atoms with Crippen LogP contribution < -0.4 is 20.7 Å². The Labute approximate surface area is 112 Å². The molecule has 1 aromatic carbocycles. The molecule has 0 aliphatic carbocycles. The first-order chi connectivity index (χ1) is 9.10. The van der Waals surface area contributed by atoms with Crippen LogP contribution in [0.3, 0.4) is 0 Å². The second-order valence-electron chi connectivity index (χ2n) is 4.18. The molecule has 0 fully saturated rings. The molecule has 0 spiro atoms. The van der Waals surface area contributed by atoms with Crippen LogP contribution in [0, 0.1) is 0 Å². The summed E-state index contributed by atoms with van der Waals surface area (Å²) in [4.78, 5) is 11.0. The molecule has 6 nitrogen and oxygen atoms in total. The molecule has 106 valence electrons. The van der Waals surface area contributed by atoms with Gasteiger partial charge < -0.3 is 14.6 Å². The number of nitrogens with one attached hydrogen (secondary N) is 1. The molecule has 6 heteroatoms. The summed E-state index contributed by atoms with van der Waals surface area (Å²) in [7, 11) is 1.54. The summed E-state index contributed by atoms with van der Waals surface area (Å²) in [6.45, 7) is 1.81. The van der Waals surface area contributed by atoms with E-state index < -0.39 is 0 Å². The highest BCUT2D eigenvalue weighted by molar-refractivity contribution is 5.75. The van der Waals surface area contributed by atoms with Crippen molar-refractivity contribution in [3.05, 3.63) is 23.8 Å². The van der Waals surface area contributed by atoms with E-state index in [1.165, 1.54) is 7.11 Å². The number of ether oxygens (including phenoxy) is 2. The number of aliphatic hydroxyl groups is 1. The van der Waals surface area contributed by atoms with E-state index in [1.807, 2.05) is 6.92 Å². The summed E-state index contributed by atoms with van der Waals surface area (Å²) in [5.41, 5.74) is 2.82. The number of benzene rings is 1. The number of amides is 1. The molecule has 19 heavy (non-hydrogen) atoms. The maximum atomic E-state index is 11.0. The Morgan fingerprint density at radius 2 is 2.21 bits per heavy atom. The Balaban J connectivity index is 2.62. The number of carbonyl (C=O) groups excluding carboxylic acids is 1. The Bertz CT molecular complexity index is 423. The second-order valence-corrected chi connectivity index (χ2v) is 4.18. The van der Waals surface area contributed by atoms with Crippen LogP contribution in [0.1, 0.15) is 25.3 Å². The SMILES string of the molecule is COc1cc(CO)ccc1OC(C)CCC(=O)NN. The van der Waals surface area contributed by atoms with Gasteiger partial charge in [-0.15, -0.1) is 0 Å². The first-order valence-electron chi connectivity index (χ1n) is 6.04. The summed E-state index contributed by atoms with van der Waals surface area (Å²) < 4.78 is 10.9. The Morgan fingerprint density at radius 1 is 1.47 bits per heavy atom. The molecule has 1 atom stereocenters. The fourth-order valence-electron chi connectivity index (χ4n) is 1.59. The maximum Gasteiger partial charge on any atom is 0.234 e. The highest BCUT2D eigenvalue weighted by Gasteiger charge is 2.11. The smallest absolute Gasteiger partial charge is 0.234 e. The van der Waals surface area contributed by atoms with Crippen molar-refractivity contribution in [3.63, 3.8) is 0 Å². The van der Waals surface area contributed by atoms with Gasteiger partial charge in [0.1, 0.15) is 0 Å². The van der Waals surface area contributed by atoms with Crippen molar-refractivity contribution >= 4 is 5.91 Å². The lowest BCUT2D eigenvalue weighted by atomic mass is 10.2. The van der Waals surface area contributed by atoms with Crippen molar-refractivity contribution in [2.24, 2.45) is 5.84 Å². The van der Waals surface area contributed by atoms with Crippen LogP contribution in [0.2, 0.25) is 0 Å². The minimum Gasteiger partial charge on any atom is -0.493 e. The van der Waals surface area contributed by atoms with E-state index in [9.17, 15) is 4.79 Å². The standard InChI is InChI=1S/C13H20N2O4/c1-9(3-6-13(17)15-14)19-11-5-4-10(8-16)7-12(11)18-2/h4-5,7,9,16H,3,6,8,14H2,1-2H3,(H,15,17). The average Bonchev–Trinajstić information content (AvgIpc) is 2.45. The van der Waals surface area contributed by atoms with Gasteiger partial charge in [-0.2, -0.15) is 0 Å². The first-order valence-corrected chi connectivity index (χ1v) is 6.04. The molecule has 4 N–H and O–H groups in total. The number of nitrogens with two attached hydrogens (primary N) is 1. The van der Waals surface area contributed by atoms with E-state index in [0.717, 1.165) is 5.56 Å². The van der Waals surface area contributed by atoms with Crippen molar-refractivity contribution in [1.29, 1.82) is 0 Å². The number of methoxy groups -OCH3 is 1. The van der Waals surface area contributed by atoms with E-state index in [-0.39, 0.29) is 18.6 Å². The predicted molar refractivity (Wildman–Crippen MR) is 70.6 cm³/mol. The van der Waals surface area contributed by atoms with Gasteiger partial charge >= 0.3 is 0 Å². The number of rotatable bonds is 7. The molecule has 1 rings (SSSR count). The van der Waals surface area contributed by atoms with Gasteiger partial charge in [-0.05, 0) is 31.0 Å². The molecular weight excluding hydrogens is 248 g/mol. The van der Waals surface area contributed by atoms with Crippen LogP contribution in [0.25, 0.3) is 0 Å². The molecule has 1 unspecified atom stereocenters. The monoisotopic (exact) mass is 268 g/mol. The third-order valence-corrected chi connectivity index (χ3v) is 2.68. The van der Waals surface area contributed by atoms with E-state index in [2.05, 4.69) is 5.43 Å². The number of hydrogen-bond acceptors (Lipinski definition) is 5. The number of aliphatic hydroxyl groups excluding tert-OH is 1. The lowest BCUT2D eigenvalue weighted by Crippen LogP contribution is -2.30. The van der Waals surface area contributed by atoms with E-state index in [1.54, 1.807) is 18.2 Å². The van der Waals surface area contributed by atoms with Crippen molar-refractivity contribution < 1.29 is 19.4 Å². The Kier molecular flexibility index (Phi) is 6.11. The second kappa shape index (κ2) is 7.60. The van der Waals surface area contributed by atoms with Crippen molar-refractivity contribution in [3.8, 4) is 11.5 Å². The molecule has 0 heterocycles. The average molecular weight is 268 g/mol. The Morgan fingerprint density at radius 3 is 2.79 bits per heavy atom. The summed E-state index contributed by atoms with van der Waals surface area (Å²) in [6, 6.07) is 5.22. The molecule has 0 aliphatic rings. The molecule has 0 radical (unpaired) electrons. The zero-order valence-electron chi connectivity index (χ0n) is 11.2. The molecule has 0 saturated carbocycles. The van der Waals surface area contributed by atoms with Gasteiger partial charge in [-0.1, -0.05) is 6.07 Å².